The van der Waals surface area contributed by atoms with E-state index < -0.39 is 17.5 Å². The van der Waals surface area contributed by atoms with Gasteiger partial charge in [0, 0.05) is 6.20 Å². The maximum absolute atomic E-state index is 14.5. The Morgan fingerprint density at radius 2 is 2.12 bits per heavy atom. The molecule has 9 heteroatoms. The number of pyridine rings is 1. The number of carbonyl (C=O) groups excluding carboxylic acids is 1. The Kier molecular flexibility index (Phi) is 5.57. The van der Waals surface area contributed by atoms with Crippen molar-refractivity contribution in [1.29, 1.82) is 0 Å². The smallest absolute Gasteiger partial charge is 0.277 e. The highest BCUT2D eigenvalue weighted by molar-refractivity contribution is 9.10. The van der Waals surface area contributed by atoms with Gasteiger partial charge in [-0.2, -0.15) is 0 Å². The molecular weight excluding hydrogens is 407 g/mol. The number of nitrogens with zero attached hydrogens (tertiary/aromatic N) is 1. The maximum atomic E-state index is 14.5. The monoisotopic (exact) mass is 423 g/mol. The first-order chi connectivity index (χ1) is 12.4. The number of nitrogens with one attached hydrogen (secondary N) is 2. The van der Waals surface area contributed by atoms with Gasteiger partial charge in [0.2, 0.25) is 0 Å². The second-order valence-electron chi connectivity index (χ2n) is 6.40. The second-order valence-corrected chi connectivity index (χ2v) is 7.25. The van der Waals surface area contributed by atoms with Crippen LogP contribution in [0.5, 0.6) is 0 Å². The minimum absolute atomic E-state index is 0.0895. The Hall–Kier alpha value is -2.00. The molecule has 3 rings (SSSR count). The number of halogens is 3. The Morgan fingerprint density at radius 3 is 2.77 bits per heavy atom. The normalized spacial score (nSPS) is 13.5. The highest BCUT2D eigenvalue weighted by atomic mass is 79.9. The molecule has 0 spiro atoms. The molecule has 1 aliphatic carbocycles. The fourth-order valence-electron chi connectivity index (χ4n) is 2.43. The third-order valence-electron chi connectivity index (χ3n) is 4.05. The molecule has 136 valence electrons. The second kappa shape index (κ2) is 7.71. The summed E-state index contributed by atoms with van der Waals surface area (Å²) in [6, 6.07) is 3.06. The van der Waals surface area contributed by atoms with Crippen LogP contribution in [-0.2, 0) is 4.84 Å². The number of amides is 1. The van der Waals surface area contributed by atoms with Crippen LogP contribution in [0.4, 0.5) is 20.3 Å². The zero-order valence-electron chi connectivity index (χ0n) is 14.3. The van der Waals surface area contributed by atoms with Crippen molar-refractivity contribution in [2.75, 3.05) is 11.9 Å². The molecular formula is C17H17BBrF2N3O2. The summed E-state index contributed by atoms with van der Waals surface area (Å²) in [5.41, 5.74) is 3.57. The molecule has 2 N–H and O–H groups in total. The summed E-state index contributed by atoms with van der Waals surface area (Å²) in [6.07, 6.45) is 3.73. The third kappa shape index (κ3) is 4.21. The summed E-state index contributed by atoms with van der Waals surface area (Å²) >= 11 is 2.93. The Labute approximate surface area is 159 Å². The molecule has 1 aliphatic rings. The summed E-state index contributed by atoms with van der Waals surface area (Å²) in [5.74, 6) is -2.15. The van der Waals surface area contributed by atoms with Crippen molar-refractivity contribution in [3.63, 3.8) is 0 Å². The average Bonchev–Trinajstić information content (AvgIpc) is 3.41. The molecule has 1 saturated carbocycles. The standard InChI is InChI=1S/C17H17BBrF2N3O2/c1-8-4-11(18)16(22-6-8)23-15-10(5-12(19)13(20)14(15)21)17(25)24-26-7-9-2-3-9/h4-6,9H,2-3,7,18H2,1H3,(H,22,23)(H,24,25). The first-order valence-electron chi connectivity index (χ1n) is 8.16. The quantitative estimate of drug-likeness (QED) is 0.425. The number of hydroxylamine groups is 1. The Bertz CT molecular complexity index is 862. The molecule has 26 heavy (non-hydrogen) atoms. The predicted molar refractivity (Wildman–Crippen MR) is 101 cm³/mol. The van der Waals surface area contributed by atoms with E-state index in [4.69, 9.17) is 4.84 Å². The molecule has 1 aromatic heterocycles. The van der Waals surface area contributed by atoms with Crippen molar-refractivity contribution in [3.8, 4) is 0 Å². The van der Waals surface area contributed by atoms with E-state index >= 15 is 0 Å². The van der Waals surface area contributed by atoms with Crippen LogP contribution in [0.1, 0.15) is 28.8 Å². The minimum atomic E-state index is -1.17. The maximum Gasteiger partial charge on any atom is 0.277 e. The molecule has 1 heterocycles. The Balaban J connectivity index is 1.90. The van der Waals surface area contributed by atoms with E-state index in [-0.39, 0.29) is 15.7 Å². The molecule has 2 aromatic rings. The molecule has 0 atom stereocenters. The van der Waals surface area contributed by atoms with E-state index in [2.05, 4.69) is 31.7 Å². The van der Waals surface area contributed by atoms with Gasteiger partial charge in [-0.05, 0) is 58.7 Å². The first kappa shape index (κ1) is 18.8. The summed E-state index contributed by atoms with van der Waals surface area (Å²) < 4.78 is 28.4. The van der Waals surface area contributed by atoms with Gasteiger partial charge < -0.3 is 5.32 Å². The first-order valence-corrected chi connectivity index (χ1v) is 8.96. The van der Waals surface area contributed by atoms with Gasteiger partial charge >= 0.3 is 0 Å². The van der Waals surface area contributed by atoms with E-state index in [9.17, 15) is 13.6 Å². The summed E-state index contributed by atoms with van der Waals surface area (Å²) in [6.45, 7) is 2.28. The van der Waals surface area contributed by atoms with Crippen molar-refractivity contribution in [1.82, 2.24) is 10.5 Å². The fourth-order valence-corrected chi connectivity index (χ4v) is 2.83. The molecule has 0 unspecified atom stereocenters. The number of hydrogen-bond donors (Lipinski definition) is 2. The van der Waals surface area contributed by atoms with Gasteiger partial charge in [0.25, 0.3) is 5.91 Å². The number of benzene rings is 1. The van der Waals surface area contributed by atoms with Crippen LogP contribution in [0.2, 0.25) is 0 Å². The number of aromatic nitrogens is 1. The minimum Gasteiger partial charge on any atom is -0.338 e. The van der Waals surface area contributed by atoms with Gasteiger partial charge in [-0.1, -0.05) is 6.07 Å². The van der Waals surface area contributed by atoms with Crippen molar-refractivity contribution in [2.24, 2.45) is 5.92 Å². The lowest BCUT2D eigenvalue weighted by molar-refractivity contribution is 0.0270. The zero-order chi connectivity index (χ0) is 18.8. The van der Waals surface area contributed by atoms with Gasteiger partial charge in [0.1, 0.15) is 13.7 Å². The SMILES string of the molecule is Bc1cc(C)cnc1Nc1c(C(=O)NOCC2CC2)cc(Br)c(F)c1F. The van der Waals surface area contributed by atoms with Gasteiger partial charge in [-0.25, -0.2) is 19.2 Å². The number of anilines is 2. The molecule has 0 saturated heterocycles. The lowest BCUT2D eigenvalue weighted by Gasteiger charge is -2.15. The largest absolute Gasteiger partial charge is 0.338 e. The molecule has 1 amide bonds. The zero-order valence-corrected chi connectivity index (χ0v) is 15.9. The lowest BCUT2D eigenvalue weighted by atomic mass is 9.95. The fraction of sp³-hybridized carbons (Fsp3) is 0.294. The Morgan fingerprint density at radius 1 is 1.38 bits per heavy atom. The topological polar surface area (TPSA) is 63.2 Å². The van der Waals surface area contributed by atoms with Gasteiger partial charge in [-0.3, -0.25) is 9.63 Å². The van der Waals surface area contributed by atoms with Crippen molar-refractivity contribution >= 4 is 46.7 Å². The van der Waals surface area contributed by atoms with Crippen molar-refractivity contribution in [2.45, 2.75) is 19.8 Å². The predicted octanol–water partition coefficient (Wildman–Crippen LogP) is 2.50. The van der Waals surface area contributed by atoms with E-state index in [1.807, 2.05) is 13.0 Å². The van der Waals surface area contributed by atoms with Crippen molar-refractivity contribution in [3.05, 3.63) is 45.6 Å². The number of hydrogen-bond acceptors (Lipinski definition) is 4. The molecule has 5 nitrogen and oxygen atoms in total. The van der Waals surface area contributed by atoms with Gasteiger partial charge in [0.15, 0.2) is 11.6 Å². The number of rotatable bonds is 6. The van der Waals surface area contributed by atoms with E-state index in [0.717, 1.165) is 23.9 Å². The molecule has 0 radical (unpaired) electrons. The van der Waals surface area contributed by atoms with Crippen LogP contribution < -0.4 is 16.3 Å². The molecule has 1 fully saturated rings. The summed E-state index contributed by atoms with van der Waals surface area (Å²) in [5, 5.41) is 2.73. The van der Waals surface area contributed by atoms with Crippen LogP contribution in [-0.4, -0.2) is 25.3 Å². The number of carbonyl (C=O) groups is 1. The van der Waals surface area contributed by atoms with Gasteiger partial charge in [0.05, 0.1) is 22.3 Å². The summed E-state index contributed by atoms with van der Waals surface area (Å²) in [4.78, 5) is 21.7. The number of aryl methyl sites for hydroxylation is 1. The molecule has 1 aromatic carbocycles. The van der Waals surface area contributed by atoms with Crippen LogP contribution >= 0.6 is 15.9 Å². The van der Waals surface area contributed by atoms with E-state index in [1.54, 1.807) is 14.0 Å². The molecule has 0 aliphatic heterocycles. The van der Waals surface area contributed by atoms with E-state index in [1.165, 1.54) is 6.07 Å². The van der Waals surface area contributed by atoms with Crippen molar-refractivity contribution < 1.29 is 18.4 Å². The van der Waals surface area contributed by atoms with Gasteiger partial charge in [-0.15, -0.1) is 0 Å². The summed E-state index contributed by atoms with van der Waals surface area (Å²) in [7, 11) is 1.79. The van der Waals surface area contributed by atoms with Crippen LogP contribution in [0.25, 0.3) is 0 Å². The lowest BCUT2D eigenvalue weighted by Crippen LogP contribution is -2.26. The highest BCUT2D eigenvalue weighted by Gasteiger charge is 2.25. The van der Waals surface area contributed by atoms with Crippen LogP contribution in [0.3, 0.4) is 0 Å². The average molecular weight is 424 g/mol. The van der Waals surface area contributed by atoms with Crippen LogP contribution in [0, 0.1) is 24.5 Å². The highest BCUT2D eigenvalue weighted by Crippen LogP contribution is 2.31. The van der Waals surface area contributed by atoms with E-state index in [0.29, 0.717) is 18.3 Å². The molecule has 0 bridgehead atoms. The third-order valence-corrected chi connectivity index (χ3v) is 4.62. The van der Waals surface area contributed by atoms with Crippen LogP contribution in [0.15, 0.2) is 22.8 Å².